The fraction of sp³-hybridized carbons (Fsp3) is 0.385. The van der Waals surface area contributed by atoms with Crippen molar-refractivity contribution >= 4 is 0 Å². The third kappa shape index (κ3) is 8.30. The average molecular weight is 625 g/mol. The van der Waals surface area contributed by atoms with Crippen molar-refractivity contribution in [1.82, 2.24) is 0 Å². The van der Waals surface area contributed by atoms with E-state index in [0.717, 1.165) is 41.5 Å². The highest BCUT2D eigenvalue weighted by atomic mass is 16.9. The Hall–Kier alpha value is -3.40. The number of fused-ring (bicyclic) bond motifs is 1. The second-order valence-electron chi connectivity index (χ2n) is 11.7. The van der Waals surface area contributed by atoms with E-state index in [1.807, 2.05) is 121 Å². The van der Waals surface area contributed by atoms with Gasteiger partial charge in [-0.15, -0.1) is 0 Å². The van der Waals surface area contributed by atoms with Gasteiger partial charge in [-0.1, -0.05) is 141 Å². The summed E-state index contributed by atoms with van der Waals surface area (Å²) in [7, 11) is 0. The molecule has 2 aliphatic heterocycles. The van der Waals surface area contributed by atoms with Crippen LogP contribution in [0.25, 0.3) is 0 Å². The van der Waals surface area contributed by atoms with E-state index in [2.05, 4.69) is 6.92 Å². The molecule has 4 aromatic rings. The van der Waals surface area contributed by atoms with Gasteiger partial charge in [0.2, 0.25) is 0 Å². The van der Waals surface area contributed by atoms with Gasteiger partial charge in [0.15, 0.2) is 6.29 Å². The van der Waals surface area contributed by atoms with Crippen LogP contribution >= 0.6 is 0 Å². The van der Waals surface area contributed by atoms with Crippen LogP contribution in [0, 0.1) is 0 Å². The minimum absolute atomic E-state index is 0.280. The van der Waals surface area contributed by atoms with Crippen molar-refractivity contribution in [2.24, 2.45) is 0 Å². The quantitative estimate of drug-likeness (QED) is 0.119. The maximum absolute atomic E-state index is 6.81. The second kappa shape index (κ2) is 16.4. The molecule has 2 heterocycles. The fourth-order valence-electron chi connectivity index (χ4n) is 5.87. The molecule has 7 heteroatoms. The highest BCUT2D eigenvalue weighted by molar-refractivity contribution is 5.20. The van der Waals surface area contributed by atoms with Gasteiger partial charge in [0.1, 0.15) is 24.4 Å². The first-order chi connectivity index (χ1) is 22.7. The molecule has 242 valence electrons. The average Bonchev–Trinajstić information content (AvgIpc) is 3.49. The smallest absolute Gasteiger partial charge is 0.314 e. The van der Waals surface area contributed by atoms with Crippen LogP contribution in [0.3, 0.4) is 0 Å². The van der Waals surface area contributed by atoms with Crippen LogP contribution in [-0.2, 0) is 59.0 Å². The predicted octanol–water partition coefficient (Wildman–Crippen LogP) is 7.53. The molecule has 6 rings (SSSR count). The molecular weight excluding hydrogens is 580 g/mol. The lowest BCUT2D eigenvalue weighted by Crippen LogP contribution is -2.59. The van der Waals surface area contributed by atoms with E-state index in [4.69, 9.17) is 33.2 Å². The summed E-state index contributed by atoms with van der Waals surface area (Å²) in [5.41, 5.74) is 3.95. The number of benzene rings is 4. The third-order valence-corrected chi connectivity index (χ3v) is 8.29. The lowest BCUT2D eigenvalue weighted by atomic mass is 9.98. The molecule has 0 radical (unpaired) electrons. The molecule has 0 amide bonds. The summed E-state index contributed by atoms with van der Waals surface area (Å²) in [5.74, 6) is -1.44. The Morgan fingerprint density at radius 3 is 1.74 bits per heavy atom. The van der Waals surface area contributed by atoms with E-state index in [1.165, 1.54) is 0 Å². The normalized spacial score (nSPS) is 25.7. The Labute approximate surface area is 272 Å². The lowest BCUT2D eigenvalue weighted by Gasteiger charge is -2.42. The van der Waals surface area contributed by atoms with E-state index in [0.29, 0.717) is 26.4 Å². The summed E-state index contributed by atoms with van der Waals surface area (Å²) in [6.07, 6.45) is 0.0701. The Bertz CT molecular complexity index is 1420. The Morgan fingerprint density at radius 2 is 1.15 bits per heavy atom. The van der Waals surface area contributed by atoms with Crippen LogP contribution in [0.4, 0.5) is 0 Å². The van der Waals surface area contributed by atoms with Crippen molar-refractivity contribution in [3.05, 3.63) is 144 Å². The number of rotatable bonds is 16. The number of hydrogen-bond acceptors (Lipinski definition) is 7. The van der Waals surface area contributed by atoms with E-state index in [9.17, 15) is 0 Å². The SMILES string of the molecule is CCCCCOC1(c2ccccc2)O[C@@H]2O[C@H](COCc3ccccc3)[C@@H](OCc3ccccc3)[C@H](OCc3ccccc3)[C@H]2O1. The van der Waals surface area contributed by atoms with Crippen LogP contribution in [0.2, 0.25) is 0 Å². The fourth-order valence-corrected chi connectivity index (χ4v) is 5.87. The zero-order valence-electron chi connectivity index (χ0n) is 26.4. The summed E-state index contributed by atoms with van der Waals surface area (Å²) in [6.45, 7) is 4.13. The molecule has 0 aromatic heterocycles. The van der Waals surface area contributed by atoms with Crippen molar-refractivity contribution in [2.45, 2.75) is 82.7 Å². The molecular formula is C39H44O7. The van der Waals surface area contributed by atoms with Gasteiger partial charge in [-0.25, -0.2) is 0 Å². The number of ether oxygens (including phenoxy) is 7. The summed E-state index contributed by atoms with van der Waals surface area (Å²) in [4.78, 5) is 0. The molecule has 0 aliphatic carbocycles. The summed E-state index contributed by atoms with van der Waals surface area (Å²) in [6, 6.07) is 40.1. The molecule has 2 aliphatic rings. The zero-order valence-corrected chi connectivity index (χ0v) is 26.4. The molecule has 7 nitrogen and oxygen atoms in total. The largest absolute Gasteiger partial charge is 0.374 e. The van der Waals surface area contributed by atoms with Gasteiger partial charge >= 0.3 is 5.97 Å². The van der Waals surface area contributed by atoms with Crippen LogP contribution < -0.4 is 0 Å². The Balaban J connectivity index is 1.29. The molecule has 0 spiro atoms. The maximum atomic E-state index is 6.81. The summed E-state index contributed by atoms with van der Waals surface area (Å²) < 4.78 is 46.3. The van der Waals surface area contributed by atoms with E-state index in [1.54, 1.807) is 0 Å². The molecule has 6 atom stereocenters. The predicted molar refractivity (Wildman–Crippen MR) is 174 cm³/mol. The van der Waals surface area contributed by atoms with Crippen molar-refractivity contribution in [3.63, 3.8) is 0 Å². The standard InChI is InChI=1S/C39H44O7/c1-2-3-16-25-43-39(33-23-14-7-15-24-33)45-37-36(42-28-32-21-12-6-13-22-32)35(41-27-31-19-10-5-11-20-31)34(44-38(37)46-39)29-40-26-30-17-8-4-9-18-30/h4-15,17-24,34-38H,2-3,16,25-29H2,1H3/t34-,35-,36+,37-,38+,39?/m1/s1. The minimum Gasteiger partial charge on any atom is -0.374 e. The van der Waals surface area contributed by atoms with Gasteiger partial charge in [0, 0.05) is 5.56 Å². The van der Waals surface area contributed by atoms with Crippen molar-refractivity contribution in [1.29, 1.82) is 0 Å². The first kappa shape index (κ1) is 32.5. The summed E-state index contributed by atoms with van der Waals surface area (Å²) in [5, 5.41) is 0. The van der Waals surface area contributed by atoms with Crippen LogP contribution in [0.5, 0.6) is 0 Å². The van der Waals surface area contributed by atoms with E-state index in [-0.39, 0.29) is 6.61 Å². The highest BCUT2D eigenvalue weighted by Gasteiger charge is 2.60. The highest BCUT2D eigenvalue weighted by Crippen LogP contribution is 2.45. The van der Waals surface area contributed by atoms with Crippen LogP contribution in [0.15, 0.2) is 121 Å². The monoisotopic (exact) mass is 624 g/mol. The van der Waals surface area contributed by atoms with Gasteiger partial charge in [0.05, 0.1) is 33.0 Å². The lowest BCUT2D eigenvalue weighted by molar-refractivity contribution is -0.367. The topological polar surface area (TPSA) is 64.6 Å². The van der Waals surface area contributed by atoms with Gasteiger partial charge in [-0.3, -0.25) is 4.74 Å². The molecule has 46 heavy (non-hydrogen) atoms. The van der Waals surface area contributed by atoms with Gasteiger partial charge in [-0.05, 0) is 23.1 Å². The van der Waals surface area contributed by atoms with Gasteiger partial charge in [-0.2, -0.15) is 0 Å². The van der Waals surface area contributed by atoms with E-state index < -0.39 is 36.7 Å². The van der Waals surface area contributed by atoms with Crippen LogP contribution in [0.1, 0.15) is 48.4 Å². The summed E-state index contributed by atoms with van der Waals surface area (Å²) >= 11 is 0. The van der Waals surface area contributed by atoms with Crippen molar-refractivity contribution in [2.75, 3.05) is 13.2 Å². The molecule has 0 N–H and O–H groups in total. The molecule has 4 aromatic carbocycles. The second-order valence-corrected chi connectivity index (χ2v) is 11.7. The zero-order chi connectivity index (χ0) is 31.4. The molecule has 0 saturated carbocycles. The van der Waals surface area contributed by atoms with Crippen molar-refractivity contribution in [3.8, 4) is 0 Å². The maximum Gasteiger partial charge on any atom is 0.314 e. The van der Waals surface area contributed by atoms with Crippen LogP contribution in [-0.4, -0.2) is 43.9 Å². The van der Waals surface area contributed by atoms with Gasteiger partial charge < -0.3 is 28.4 Å². The first-order valence-corrected chi connectivity index (χ1v) is 16.4. The third-order valence-electron chi connectivity index (χ3n) is 8.29. The number of hydrogen-bond donors (Lipinski definition) is 0. The van der Waals surface area contributed by atoms with E-state index >= 15 is 0 Å². The molecule has 0 bridgehead atoms. The van der Waals surface area contributed by atoms with Crippen molar-refractivity contribution < 1.29 is 33.2 Å². The van der Waals surface area contributed by atoms with Gasteiger partial charge in [0.25, 0.3) is 0 Å². The Morgan fingerprint density at radius 1 is 0.609 bits per heavy atom. The molecule has 2 saturated heterocycles. The molecule has 1 unspecified atom stereocenters. The first-order valence-electron chi connectivity index (χ1n) is 16.4. The molecule has 2 fully saturated rings. The minimum atomic E-state index is -1.44. The Kier molecular flexibility index (Phi) is 11.6. The number of unbranched alkanes of at least 4 members (excludes halogenated alkanes) is 2.